The molecule has 0 bridgehead atoms. The maximum atomic E-state index is 13.0. The number of carbonyl (C=O) groups is 2. The first kappa shape index (κ1) is 22.3. The number of aromatic hydroxyl groups is 2. The van der Waals surface area contributed by atoms with Gasteiger partial charge in [0.2, 0.25) is 11.8 Å². The minimum atomic E-state index is -0.666. The highest BCUT2D eigenvalue weighted by molar-refractivity contribution is 6.31. The molecule has 3 heterocycles. The molecule has 0 saturated carbocycles. The number of carbonyl (C=O) groups excluding carboxylic acids is 2. The van der Waals surface area contributed by atoms with E-state index in [1.807, 2.05) is 6.07 Å². The first-order chi connectivity index (χ1) is 15.4. The summed E-state index contributed by atoms with van der Waals surface area (Å²) in [5, 5.41) is 19.8. The van der Waals surface area contributed by atoms with Gasteiger partial charge in [-0.3, -0.25) is 9.69 Å². The minimum Gasteiger partial charge on any atom is -0.492 e. The number of nitrogens with zero attached hydrogens (tertiary/aromatic N) is 4. The lowest BCUT2D eigenvalue weighted by Gasteiger charge is -2.34. The Morgan fingerprint density at radius 2 is 1.59 bits per heavy atom. The van der Waals surface area contributed by atoms with E-state index in [4.69, 9.17) is 21.2 Å². The van der Waals surface area contributed by atoms with Gasteiger partial charge in [0, 0.05) is 68.5 Å². The highest BCUT2D eigenvalue weighted by Gasteiger charge is 2.26. The Labute approximate surface area is 190 Å². The third-order valence-electron chi connectivity index (χ3n) is 5.59. The number of halogens is 1. The van der Waals surface area contributed by atoms with Crippen LogP contribution >= 0.6 is 11.6 Å². The summed E-state index contributed by atoms with van der Waals surface area (Å²) in [7, 11) is 0. The average Bonchev–Trinajstić information content (AvgIpc) is 3.13. The lowest BCUT2D eigenvalue weighted by molar-refractivity contribution is 0.0301. The molecule has 0 aliphatic carbocycles. The quantitative estimate of drug-likeness (QED) is 0.704. The number of amides is 2. The van der Waals surface area contributed by atoms with Crippen LogP contribution in [0.25, 0.3) is 0 Å². The van der Waals surface area contributed by atoms with E-state index in [9.17, 15) is 19.8 Å². The van der Waals surface area contributed by atoms with Crippen molar-refractivity contribution >= 4 is 23.6 Å². The molecule has 0 unspecified atom stereocenters. The second-order valence-corrected chi connectivity index (χ2v) is 8.11. The molecular weight excluding hydrogens is 440 g/mol. The van der Waals surface area contributed by atoms with Crippen molar-refractivity contribution in [1.29, 1.82) is 0 Å². The van der Waals surface area contributed by atoms with Crippen molar-refractivity contribution in [2.75, 3.05) is 52.5 Å². The van der Waals surface area contributed by atoms with E-state index >= 15 is 0 Å². The third-order valence-corrected chi connectivity index (χ3v) is 5.83. The molecule has 4 rings (SSSR count). The topological polar surface area (TPSA) is 108 Å². The summed E-state index contributed by atoms with van der Waals surface area (Å²) >= 11 is 6.17. The number of ether oxygens (including phenoxy) is 1. The van der Waals surface area contributed by atoms with Crippen LogP contribution in [0.2, 0.25) is 5.02 Å². The number of aromatic nitrogens is 1. The van der Waals surface area contributed by atoms with Gasteiger partial charge in [0.1, 0.15) is 0 Å². The molecule has 2 aliphatic rings. The standard InChI is InChI=1S/C21H25ClN4O6/c22-16-2-1-15(17(13-16)20(29)24-9-11-31-12-10-24)14-23-5-7-25(8-6-23)21(30)32-26-18(27)3-4-19(26)28/h1-4,13,27-28H,5-12,14H2. The number of morpholine rings is 1. The smallest absolute Gasteiger partial charge is 0.434 e. The molecule has 2 aliphatic heterocycles. The van der Waals surface area contributed by atoms with Crippen LogP contribution in [-0.2, 0) is 11.3 Å². The fourth-order valence-corrected chi connectivity index (χ4v) is 3.96. The number of rotatable bonds is 4. The van der Waals surface area contributed by atoms with Crippen molar-refractivity contribution in [2.24, 2.45) is 0 Å². The van der Waals surface area contributed by atoms with Crippen molar-refractivity contribution < 1.29 is 29.4 Å². The SMILES string of the molecule is O=C(On1c(O)ccc1O)N1CCN(Cc2ccc(Cl)cc2C(=O)N2CCOCC2)CC1. The molecule has 2 N–H and O–H groups in total. The Morgan fingerprint density at radius 3 is 2.25 bits per heavy atom. The maximum absolute atomic E-state index is 13.0. The molecule has 32 heavy (non-hydrogen) atoms. The Hall–Kier alpha value is -2.95. The monoisotopic (exact) mass is 464 g/mol. The Balaban J connectivity index is 1.37. The zero-order valence-electron chi connectivity index (χ0n) is 17.4. The van der Waals surface area contributed by atoms with Gasteiger partial charge >= 0.3 is 6.09 Å². The van der Waals surface area contributed by atoms with Crippen LogP contribution in [0.4, 0.5) is 4.79 Å². The third kappa shape index (κ3) is 4.93. The zero-order valence-corrected chi connectivity index (χ0v) is 18.2. The molecule has 0 spiro atoms. The van der Waals surface area contributed by atoms with Gasteiger partial charge in [0.05, 0.1) is 13.2 Å². The molecule has 10 nitrogen and oxygen atoms in total. The van der Waals surface area contributed by atoms with E-state index in [1.165, 1.54) is 17.0 Å². The predicted octanol–water partition coefficient (Wildman–Crippen LogP) is 1.39. The number of hydrogen-bond donors (Lipinski definition) is 2. The van der Waals surface area contributed by atoms with Gasteiger partial charge in [-0.05, 0) is 17.7 Å². The summed E-state index contributed by atoms with van der Waals surface area (Å²) in [5.41, 5.74) is 1.46. The molecule has 0 atom stereocenters. The second-order valence-electron chi connectivity index (χ2n) is 7.67. The fourth-order valence-electron chi connectivity index (χ4n) is 3.78. The minimum absolute atomic E-state index is 0.0562. The molecule has 1 aromatic carbocycles. The van der Waals surface area contributed by atoms with E-state index in [-0.39, 0.29) is 17.7 Å². The first-order valence-electron chi connectivity index (χ1n) is 10.4. The van der Waals surface area contributed by atoms with Crippen LogP contribution < -0.4 is 4.84 Å². The summed E-state index contributed by atoms with van der Waals surface area (Å²) in [5.74, 6) is -0.788. The normalized spacial score (nSPS) is 17.4. The summed E-state index contributed by atoms with van der Waals surface area (Å²) in [6, 6.07) is 7.80. The average molecular weight is 465 g/mol. The molecule has 2 aromatic rings. The van der Waals surface area contributed by atoms with Crippen LogP contribution in [0.3, 0.4) is 0 Å². The maximum Gasteiger partial charge on any atom is 0.434 e. The molecule has 2 fully saturated rings. The van der Waals surface area contributed by atoms with E-state index < -0.39 is 6.09 Å². The first-order valence-corrected chi connectivity index (χ1v) is 10.7. The highest BCUT2D eigenvalue weighted by Crippen LogP contribution is 2.22. The van der Waals surface area contributed by atoms with Crippen LogP contribution in [0.1, 0.15) is 15.9 Å². The van der Waals surface area contributed by atoms with Crippen LogP contribution in [0.15, 0.2) is 30.3 Å². The van der Waals surface area contributed by atoms with Crippen molar-refractivity contribution in [3.63, 3.8) is 0 Å². The van der Waals surface area contributed by atoms with Crippen LogP contribution in [0, 0.1) is 0 Å². The summed E-state index contributed by atoms with van der Waals surface area (Å²) in [4.78, 5) is 35.9. The Morgan fingerprint density at radius 1 is 0.938 bits per heavy atom. The van der Waals surface area contributed by atoms with Crippen molar-refractivity contribution in [1.82, 2.24) is 19.4 Å². The highest BCUT2D eigenvalue weighted by atomic mass is 35.5. The molecule has 2 saturated heterocycles. The van der Waals surface area contributed by atoms with Gasteiger partial charge < -0.3 is 29.6 Å². The fraction of sp³-hybridized carbons (Fsp3) is 0.429. The Bertz CT molecular complexity index is 963. The molecule has 1 aromatic heterocycles. The lowest BCUT2D eigenvalue weighted by atomic mass is 10.0. The van der Waals surface area contributed by atoms with Gasteiger partial charge in [-0.1, -0.05) is 17.7 Å². The summed E-state index contributed by atoms with van der Waals surface area (Å²) in [6.45, 7) is 4.67. The zero-order chi connectivity index (χ0) is 22.7. The van der Waals surface area contributed by atoms with Crippen LogP contribution in [0.5, 0.6) is 11.8 Å². The van der Waals surface area contributed by atoms with Gasteiger partial charge in [0.25, 0.3) is 5.91 Å². The molecule has 0 radical (unpaired) electrons. The van der Waals surface area contributed by atoms with Crippen LogP contribution in [-0.4, -0.2) is 94.1 Å². The molecular formula is C21H25ClN4O6. The van der Waals surface area contributed by atoms with Gasteiger partial charge in [-0.2, -0.15) is 0 Å². The van der Waals surface area contributed by atoms with E-state index in [0.29, 0.717) is 74.3 Å². The predicted molar refractivity (Wildman–Crippen MR) is 115 cm³/mol. The van der Waals surface area contributed by atoms with E-state index in [1.54, 1.807) is 17.0 Å². The van der Waals surface area contributed by atoms with E-state index in [0.717, 1.165) is 5.56 Å². The largest absolute Gasteiger partial charge is 0.492 e. The van der Waals surface area contributed by atoms with Gasteiger partial charge in [-0.25, -0.2) is 4.79 Å². The Kier molecular flexibility index (Phi) is 6.73. The molecule has 11 heteroatoms. The van der Waals surface area contributed by atoms with Gasteiger partial charge in [-0.15, -0.1) is 4.73 Å². The molecule has 2 amide bonds. The van der Waals surface area contributed by atoms with E-state index in [2.05, 4.69) is 4.90 Å². The number of piperazine rings is 1. The van der Waals surface area contributed by atoms with Crippen molar-refractivity contribution in [3.8, 4) is 11.8 Å². The lowest BCUT2D eigenvalue weighted by Crippen LogP contribution is -2.50. The number of benzene rings is 1. The second kappa shape index (κ2) is 9.68. The number of hydrogen-bond acceptors (Lipinski definition) is 7. The van der Waals surface area contributed by atoms with Gasteiger partial charge in [0.15, 0.2) is 0 Å². The summed E-state index contributed by atoms with van der Waals surface area (Å²) in [6.07, 6.45) is -0.666. The van der Waals surface area contributed by atoms with Crippen molar-refractivity contribution in [3.05, 3.63) is 46.5 Å². The summed E-state index contributed by atoms with van der Waals surface area (Å²) < 4.78 is 6.01. The molecule has 172 valence electrons. The van der Waals surface area contributed by atoms with Crippen molar-refractivity contribution in [2.45, 2.75) is 6.54 Å².